The molecule has 1 N–H and O–H groups in total. The maximum Gasteiger partial charge on any atom is 0.143 e. The summed E-state index contributed by atoms with van der Waals surface area (Å²) in [4.78, 5) is 2.43. The van der Waals surface area contributed by atoms with Gasteiger partial charge in [0.2, 0.25) is 0 Å². The Balaban J connectivity index is 1.54. The number of hydrogen-bond donors (Lipinski definition) is 1. The van der Waals surface area contributed by atoms with Crippen LogP contribution in [0, 0.1) is 0 Å². The van der Waals surface area contributed by atoms with Crippen LogP contribution in [0.2, 0.25) is 0 Å². The average molecular weight is 478 g/mol. The second-order valence-corrected chi connectivity index (χ2v) is 9.61. The minimum Gasteiger partial charge on any atom is -0.389 e. The van der Waals surface area contributed by atoms with E-state index >= 15 is 0 Å². The Morgan fingerprint density at radius 1 is 0.611 bits per heavy atom. The molecular weight excluding hydrogens is 442 g/mol. The van der Waals surface area contributed by atoms with Gasteiger partial charge in [0, 0.05) is 0 Å². The molecule has 1 aliphatic rings. The van der Waals surface area contributed by atoms with Gasteiger partial charge in [-0.2, -0.15) is 0 Å². The highest BCUT2D eigenvalue weighted by atomic mass is 16.5. The minimum absolute atomic E-state index is 0.105. The van der Waals surface area contributed by atoms with E-state index in [9.17, 15) is 5.11 Å². The lowest BCUT2D eigenvalue weighted by Gasteiger charge is -2.40. The van der Waals surface area contributed by atoms with E-state index in [-0.39, 0.29) is 12.6 Å². The zero-order chi connectivity index (χ0) is 24.6. The molecule has 0 saturated carbocycles. The van der Waals surface area contributed by atoms with Crippen molar-refractivity contribution < 1.29 is 9.84 Å². The third kappa shape index (κ3) is 5.15. The highest BCUT2D eigenvalue weighted by Gasteiger charge is 2.39. The Hall–Kier alpha value is -3.24. The van der Waals surface area contributed by atoms with E-state index in [4.69, 9.17) is 4.74 Å². The summed E-state index contributed by atoms with van der Waals surface area (Å²) in [6.07, 6.45) is 2.91. The Morgan fingerprint density at radius 2 is 1.03 bits per heavy atom. The molecule has 0 aliphatic carbocycles. The van der Waals surface area contributed by atoms with Crippen LogP contribution in [0.15, 0.2) is 121 Å². The molecule has 184 valence electrons. The zero-order valence-electron chi connectivity index (χ0n) is 20.7. The Morgan fingerprint density at radius 3 is 1.47 bits per heavy atom. The first kappa shape index (κ1) is 24.5. The van der Waals surface area contributed by atoms with Gasteiger partial charge in [0.1, 0.15) is 5.60 Å². The molecular formula is C33H35NO2. The predicted molar refractivity (Wildman–Crippen MR) is 146 cm³/mol. The molecule has 5 rings (SSSR count). The van der Waals surface area contributed by atoms with Crippen LogP contribution in [0.1, 0.15) is 47.6 Å². The SMILES string of the molecule is O[C@@H](COC(c1ccccc1)(c1ccccc1)c1ccccc1)[C@@H](c1ccccc1)N1CCCCC1. The van der Waals surface area contributed by atoms with Crippen LogP contribution >= 0.6 is 0 Å². The molecule has 1 saturated heterocycles. The summed E-state index contributed by atoms with van der Waals surface area (Å²) < 4.78 is 6.97. The van der Waals surface area contributed by atoms with Gasteiger partial charge < -0.3 is 9.84 Å². The molecule has 3 heteroatoms. The van der Waals surface area contributed by atoms with Crippen LogP contribution in [-0.4, -0.2) is 35.8 Å². The van der Waals surface area contributed by atoms with Gasteiger partial charge in [-0.05, 0) is 48.2 Å². The molecule has 3 nitrogen and oxygen atoms in total. The lowest BCUT2D eigenvalue weighted by atomic mass is 9.80. The van der Waals surface area contributed by atoms with Gasteiger partial charge >= 0.3 is 0 Å². The fourth-order valence-electron chi connectivity index (χ4n) is 5.59. The van der Waals surface area contributed by atoms with Gasteiger partial charge in [-0.3, -0.25) is 4.90 Å². The quantitative estimate of drug-likeness (QED) is 0.276. The highest BCUT2D eigenvalue weighted by molar-refractivity contribution is 5.47. The Labute approximate surface area is 215 Å². The van der Waals surface area contributed by atoms with Gasteiger partial charge in [0.05, 0.1) is 18.8 Å². The molecule has 0 radical (unpaired) electrons. The molecule has 4 aromatic rings. The van der Waals surface area contributed by atoms with Gasteiger partial charge in [-0.25, -0.2) is 0 Å². The number of ether oxygens (including phenoxy) is 1. The largest absolute Gasteiger partial charge is 0.389 e. The second-order valence-electron chi connectivity index (χ2n) is 9.61. The van der Waals surface area contributed by atoms with Gasteiger partial charge in [0.15, 0.2) is 0 Å². The summed E-state index contributed by atoms with van der Waals surface area (Å²) >= 11 is 0. The standard InChI is InChI=1S/C33H35NO2/c35-31(32(27-16-6-1-7-17-27)34-24-14-5-15-25-34)26-36-33(28-18-8-2-9-19-28,29-20-10-3-11-21-29)30-22-12-4-13-23-30/h1-4,6-13,16-23,31-32,35H,5,14-15,24-26H2/t31-,32+/m0/s1. The maximum absolute atomic E-state index is 11.8. The molecule has 2 atom stereocenters. The molecule has 1 heterocycles. The summed E-state index contributed by atoms with van der Waals surface area (Å²) in [5.74, 6) is 0. The summed E-state index contributed by atoms with van der Waals surface area (Å²) in [5.41, 5.74) is 3.44. The number of piperidine rings is 1. The van der Waals surface area contributed by atoms with Crippen LogP contribution in [0.5, 0.6) is 0 Å². The molecule has 1 fully saturated rings. The first-order valence-corrected chi connectivity index (χ1v) is 13.1. The predicted octanol–water partition coefficient (Wildman–Crippen LogP) is 6.58. The summed E-state index contributed by atoms with van der Waals surface area (Å²) in [6.45, 7) is 2.20. The van der Waals surface area contributed by atoms with Crippen molar-refractivity contribution in [3.05, 3.63) is 144 Å². The van der Waals surface area contributed by atoms with Crippen LogP contribution in [0.4, 0.5) is 0 Å². The van der Waals surface area contributed by atoms with E-state index in [1.54, 1.807) is 0 Å². The number of benzene rings is 4. The van der Waals surface area contributed by atoms with Gasteiger partial charge in [0.25, 0.3) is 0 Å². The van der Waals surface area contributed by atoms with Crippen molar-refractivity contribution in [1.82, 2.24) is 4.90 Å². The van der Waals surface area contributed by atoms with Gasteiger partial charge in [-0.1, -0.05) is 128 Å². The van der Waals surface area contributed by atoms with Crippen molar-refractivity contribution in [2.45, 2.75) is 37.0 Å². The maximum atomic E-state index is 11.8. The highest BCUT2D eigenvalue weighted by Crippen LogP contribution is 2.41. The lowest BCUT2D eigenvalue weighted by Crippen LogP contribution is -2.43. The van der Waals surface area contributed by atoms with Crippen molar-refractivity contribution in [2.75, 3.05) is 19.7 Å². The average Bonchev–Trinajstić information content (AvgIpc) is 2.96. The van der Waals surface area contributed by atoms with E-state index in [1.807, 2.05) is 24.3 Å². The molecule has 0 amide bonds. The number of likely N-dealkylation sites (tertiary alicyclic amines) is 1. The number of nitrogens with zero attached hydrogens (tertiary/aromatic N) is 1. The summed E-state index contributed by atoms with van der Waals surface area (Å²) in [6, 6.07) is 41.4. The summed E-state index contributed by atoms with van der Waals surface area (Å²) in [7, 11) is 0. The number of aliphatic hydroxyl groups is 1. The number of rotatable bonds is 9. The van der Waals surface area contributed by atoms with E-state index in [1.165, 1.54) is 19.3 Å². The Kier molecular flexibility index (Phi) is 7.92. The number of hydrogen-bond acceptors (Lipinski definition) is 3. The van der Waals surface area contributed by atoms with Crippen molar-refractivity contribution in [3.63, 3.8) is 0 Å². The third-order valence-corrected chi connectivity index (χ3v) is 7.30. The molecule has 0 spiro atoms. The number of aliphatic hydroxyl groups excluding tert-OH is 1. The van der Waals surface area contributed by atoms with Crippen molar-refractivity contribution in [3.8, 4) is 0 Å². The molecule has 0 bridgehead atoms. The normalized spacial score (nSPS) is 16.4. The van der Waals surface area contributed by atoms with Crippen LogP contribution in [-0.2, 0) is 10.3 Å². The second kappa shape index (κ2) is 11.7. The first-order chi connectivity index (χ1) is 17.8. The van der Waals surface area contributed by atoms with Crippen LogP contribution in [0.25, 0.3) is 0 Å². The molecule has 4 aromatic carbocycles. The van der Waals surface area contributed by atoms with Crippen molar-refractivity contribution in [1.29, 1.82) is 0 Å². The minimum atomic E-state index is -0.839. The summed E-state index contributed by atoms with van der Waals surface area (Å²) in [5, 5.41) is 11.8. The van der Waals surface area contributed by atoms with E-state index in [0.29, 0.717) is 0 Å². The Bertz CT molecular complexity index is 1080. The van der Waals surface area contributed by atoms with Crippen LogP contribution in [0.3, 0.4) is 0 Å². The molecule has 0 aromatic heterocycles. The fraction of sp³-hybridized carbons (Fsp3) is 0.273. The third-order valence-electron chi connectivity index (χ3n) is 7.30. The van der Waals surface area contributed by atoms with Crippen molar-refractivity contribution >= 4 is 0 Å². The monoisotopic (exact) mass is 477 g/mol. The topological polar surface area (TPSA) is 32.7 Å². The van der Waals surface area contributed by atoms with Crippen molar-refractivity contribution in [2.24, 2.45) is 0 Å². The van der Waals surface area contributed by atoms with Crippen LogP contribution < -0.4 is 0 Å². The molecule has 0 unspecified atom stereocenters. The smallest absolute Gasteiger partial charge is 0.143 e. The molecule has 36 heavy (non-hydrogen) atoms. The van der Waals surface area contributed by atoms with E-state index < -0.39 is 11.7 Å². The fourth-order valence-corrected chi connectivity index (χ4v) is 5.59. The molecule has 1 aliphatic heterocycles. The van der Waals surface area contributed by atoms with E-state index in [2.05, 4.69) is 102 Å². The lowest BCUT2D eigenvalue weighted by molar-refractivity contribution is -0.0690. The van der Waals surface area contributed by atoms with E-state index in [0.717, 1.165) is 35.3 Å². The first-order valence-electron chi connectivity index (χ1n) is 13.1. The zero-order valence-corrected chi connectivity index (χ0v) is 20.7. The van der Waals surface area contributed by atoms with Gasteiger partial charge in [-0.15, -0.1) is 0 Å².